The Labute approximate surface area is 197 Å². The van der Waals surface area contributed by atoms with Crippen LogP contribution in [0.15, 0.2) is 48.5 Å². The zero-order valence-electron chi connectivity index (χ0n) is 20.3. The van der Waals surface area contributed by atoms with E-state index in [1.165, 1.54) is 0 Å². The van der Waals surface area contributed by atoms with E-state index < -0.39 is 6.04 Å². The summed E-state index contributed by atoms with van der Waals surface area (Å²) in [6.45, 7) is 6.78. The number of ether oxygens (including phenoxy) is 3. The molecule has 0 unspecified atom stereocenters. The predicted octanol–water partition coefficient (Wildman–Crippen LogP) is 3.70. The fraction of sp³-hybridized carbons (Fsp3) is 0.462. The molecule has 0 saturated heterocycles. The van der Waals surface area contributed by atoms with Crippen molar-refractivity contribution in [1.82, 2.24) is 10.2 Å². The Kier molecular flexibility index (Phi) is 10.5. The largest absolute Gasteiger partial charge is 0.496 e. The second-order valence-corrected chi connectivity index (χ2v) is 8.22. The molecule has 7 nitrogen and oxygen atoms in total. The van der Waals surface area contributed by atoms with E-state index in [9.17, 15) is 9.59 Å². The molecule has 0 radical (unpaired) electrons. The molecule has 0 saturated carbocycles. The maximum atomic E-state index is 13.2. The maximum absolute atomic E-state index is 13.2. The Morgan fingerprint density at radius 2 is 1.58 bits per heavy atom. The van der Waals surface area contributed by atoms with Gasteiger partial charge in [-0.3, -0.25) is 9.59 Å². The van der Waals surface area contributed by atoms with E-state index in [2.05, 4.69) is 5.32 Å². The number of carbonyl (C=O) groups is 2. The molecule has 2 amide bonds. The standard InChI is InChI=1S/C26H36N2O5/c1-6-24(26(30)27-17-19(2)3)28(13-12-20-10-8-7-9-11-20)25(29)18-33-23-15-21(31-4)14-22(16-23)32-5/h7-11,14-16,19,24H,6,12-13,17-18H2,1-5H3,(H,27,30)/t24-/m0/s1. The van der Waals surface area contributed by atoms with Crippen molar-refractivity contribution in [2.24, 2.45) is 5.92 Å². The van der Waals surface area contributed by atoms with Gasteiger partial charge in [-0.1, -0.05) is 51.1 Å². The van der Waals surface area contributed by atoms with Crippen molar-refractivity contribution in [3.05, 3.63) is 54.1 Å². The number of hydrogen-bond acceptors (Lipinski definition) is 5. The average Bonchev–Trinajstić information content (AvgIpc) is 2.83. The van der Waals surface area contributed by atoms with Gasteiger partial charge in [-0.05, 0) is 24.3 Å². The molecule has 2 aromatic rings. The van der Waals surface area contributed by atoms with Crippen LogP contribution in [0.25, 0.3) is 0 Å². The van der Waals surface area contributed by atoms with Crippen LogP contribution in [0.2, 0.25) is 0 Å². The monoisotopic (exact) mass is 456 g/mol. The molecule has 0 heterocycles. The van der Waals surface area contributed by atoms with Crippen molar-refractivity contribution in [3.8, 4) is 17.2 Å². The molecule has 7 heteroatoms. The summed E-state index contributed by atoms with van der Waals surface area (Å²) in [7, 11) is 3.10. The van der Waals surface area contributed by atoms with Gasteiger partial charge in [-0.2, -0.15) is 0 Å². The maximum Gasteiger partial charge on any atom is 0.261 e. The number of hydrogen-bond donors (Lipinski definition) is 1. The van der Waals surface area contributed by atoms with Crippen molar-refractivity contribution in [3.63, 3.8) is 0 Å². The first-order chi connectivity index (χ1) is 15.9. The first-order valence-corrected chi connectivity index (χ1v) is 11.3. The van der Waals surface area contributed by atoms with Gasteiger partial charge in [0.1, 0.15) is 23.3 Å². The third-order valence-corrected chi connectivity index (χ3v) is 5.24. The third-order valence-electron chi connectivity index (χ3n) is 5.24. The molecule has 2 aromatic carbocycles. The number of carbonyl (C=O) groups excluding carboxylic acids is 2. The third kappa shape index (κ3) is 8.33. The summed E-state index contributed by atoms with van der Waals surface area (Å²) in [6.07, 6.45) is 1.16. The van der Waals surface area contributed by atoms with Crippen molar-refractivity contribution in [2.45, 2.75) is 39.7 Å². The fourth-order valence-electron chi connectivity index (χ4n) is 3.41. The lowest BCUT2D eigenvalue weighted by atomic mass is 10.1. The van der Waals surface area contributed by atoms with Crippen LogP contribution in [0.5, 0.6) is 17.2 Å². The molecular formula is C26H36N2O5. The Balaban J connectivity index is 2.16. The molecular weight excluding hydrogens is 420 g/mol. The van der Waals surface area contributed by atoms with Crippen LogP contribution in [0.4, 0.5) is 0 Å². The number of benzene rings is 2. The van der Waals surface area contributed by atoms with Crippen LogP contribution < -0.4 is 19.5 Å². The topological polar surface area (TPSA) is 77.1 Å². The fourth-order valence-corrected chi connectivity index (χ4v) is 3.41. The van der Waals surface area contributed by atoms with E-state index in [1.54, 1.807) is 37.3 Å². The van der Waals surface area contributed by atoms with Gasteiger partial charge >= 0.3 is 0 Å². The van der Waals surface area contributed by atoms with E-state index in [4.69, 9.17) is 14.2 Å². The van der Waals surface area contributed by atoms with Gasteiger partial charge in [-0.15, -0.1) is 0 Å². The zero-order chi connectivity index (χ0) is 24.2. The first kappa shape index (κ1) is 26.0. The summed E-state index contributed by atoms with van der Waals surface area (Å²) >= 11 is 0. The first-order valence-electron chi connectivity index (χ1n) is 11.3. The Bertz CT molecular complexity index is 863. The van der Waals surface area contributed by atoms with Crippen LogP contribution in [0.3, 0.4) is 0 Å². The van der Waals surface area contributed by atoms with Gasteiger partial charge in [0, 0.05) is 31.3 Å². The predicted molar refractivity (Wildman–Crippen MR) is 129 cm³/mol. The molecule has 0 aromatic heterocycles. The second-order valence-electron chi connectivity index (χ2n) is 8.22. The van der Waals surface area contributed by atoms with E-state index >= 15 is 0 Å². The van der Waals surface area contributed by atoms with Gasteiger partial charge in [0.2, 0.25) is 5.91 Å². The number of amides is 2. The van der Waals surface area contributed by atoms with Crippen molar-refractivity contribution >= 4 is 11.8 Å². The van der Waals surface area contributed by atoms with Gasteiger partial charge in [0.25, 0.3) is 5.91 Å². The minimum absolute atomic E-state index is 0.143. The highest BCUT2D eigenvalue weighted by Gasteiger charge is 2.28. The smallest absolute Gasteiger partial charge is 0.261 e. The molecule has 0 bridgehead atoms. The highest BCUT2D eigenvalue weighted by molar-refractivity contribution is 5.88. The number of rotatable bonds is 13. The molecule has 0 fully saturated rings. The summed E-state index contributed by atoms with van der Waals surface area (Å²) in [6, 6.07) is 14.5. The zero-order valence-corrected chi connectivity index (χ0v) is 20.3. The molecule has 0 spiro atoms. The van der Waals surface area contributed by atoms with Gasteiger partial charge in [0.15, 0.2) is 6.61 Å². The summed E-state index contributed by atoms with van der Waals surface area (Å²) < 4.78 is 16.3. The van der Waals surface area contributed by atoms with Crippen molar-refractivity contribution in [1.29, 1.82) is 0 Å². The molecule has 1 N–H and O–H groups in total. The number of methoxy groups -OCH3 is 2. The van der Waals surface area contributed by atoms with Crippen molar-refractivity contribution < 1.29 is 23.8 Å². The molecule has 0 aliphatic carbocycles. The minimum atomic E-state index is -0.566. The van der Waals surface area contributed by atoms with E-state index in [1.807, 2.05) is 51.1 Å². The normalized spacial score (nSPS) is 11.6. The van der Waals surface area contributed by atoms with E-state index in [-0.39, 0.29) is 18.4 Å². The Morgan fingerprint density at radius 3 is 2.12 bits per heavy atom. The minimum Gasteiger partial charge on any atom is -0.496 e. The van der Waals surface area contributed by atoms with Gasteiger partial charge in [-0.25, -0.2) is 0 Å². The molecule has 2 rings (SSSR count). The average molecular weight is 457 g/mol. The van der Waals surface area contributed by atoms with Gasteiger partial charge in [0.05, 0.1) is 14.2 Å². The molecule has 33 heavy (non-hydrogen) atoms. The van der Waals surface area contributed by atoms with Gasteiger partial charge < -0.3 is 24.4 Å². The highest BCUT2D eigenvalue weighted by Crippen LogP contribution is 2.27. The van der Waals surface area contributed by atoms with Crippen molar-refractivity contribution in [2.75, 3.05) is 33.9 Å². The van der Waals surface area contributed by atoms with Crippen LogP contribution in [0, 0.1) is 5.92 Å². The Morgan fingerprint density at radius 1 is 0.970 bits per heavy atom. The quantitative estimate of drug-likeness (QED) is 0.497. The molecule has 180 valence electrons. The lowest BCUT2D eigenvalue weighted by Crippen LogP contribution is -2.51. The summed E-state index contributed by atoms with van der Waals surface area (Å²) in [5.41, 5.74) is 1.10. The van der Waals surface area contributed by atoms with E-state index in [0.717, 1.165) is 5.56 Å². The summed E-state index contributed by atoms with van der Waals surface area (Å²) in [4.78, 5) is 27.8. The highest BCUT2D eigenvalue weighted by atomic mass is 16.5. The van der Waals surface area contributed by atoms with Crippen LogP contribution in [-0.2, 0) is 16.0 Å². The Hall–Kier alpha value is -3.22. The van der Waals surface area contributed by atoms with Crippen LogP contribution >= 0.6 is 0 Å². The molecule has 0 aliphatic rings. The lowest BCUT2D eigenvalue weighted by molar-refractivity contribution is -0.142. The lowest BCUT2D eigenvalue weighted by Gasteiger charge is -2.30. The SMILES string of the molecule is CC[C@@H](C(=O)NCC(C)C)N(CCc1ccccc1)C(=O)COc1cc(OC)cc(OC)c1. The molecule has 1 atom stereocenters. The number of nitrogens with one attached hydrogen (secondary N) is 1. The summed E-state index contributed by atoms with van der Waals surface area (Å²) in [5.74, 6) is 1.52. The second kappa shape index (κ2) is 13.4. The van der Waals surface area contributed by atoms with Crippen LogP contribution in [0.1, 0.15) is 32.8 Å². The van der Waals surface area contributed by atoms with Crippen LogP contribution in [-0.4, -0.2) is 56.7 Å². The van der Waals surface area contributed by atoms with E-state index in [0.29, 0.717) is 49.1 Å². The number of nitrogens with zero attached hydrogens (tertiary/aromatic N) is 1. The molecule has 0 aliphatic heterocycles. The summed E-state index contributed by atoms with van der Waals surface area (Å²) in [5, 5.41) is 2.96.